The first-order chi connectivity index (χ1) is 12.5. The molecule has 3 unspecified atom stereocenters. The second-order valence-electron chi connectivity index (χ2n) is 6.42. The molecule has 136 valence electrons. The summed E-state index contributed by atoms with van der Waals surface area (Å²) in [6, 6.07) is 6.79. The fraction of sp³-hybridized carbons (Fsp3) is 0.316. The molecule has 1 aromatic carbocycles. The lowest BCUT2D eigenvalue weighted by Crippen LogP contribution is -2.48. The van der Waals surface area contributed by atoms with Gasteiger partial charge in [-0.15, -0.1) is 0 Å². The number of rotatable bonds is 6. The molecule has 1 aromatic heterocycles. The average molecular weight is 377 g/mol. The molecule has 0 spiro atoms. The number of amides is 1. The van der Waals surface area contributed by atoms with Gasteiger partial charge in [0.2, 0.25) is 5.91 Å². The van der Waals surface area contributed by atoms with E-state index in [2.05, 4.69) is 10.3 Å². The van der Waals surface area contributed by atoms with Crippen LogP contribution in [0.3, 0.4) is 0 Å². The third-order valence-corrected chi connectivity index (χ3v) is 5.01. The zero-order valence-electron chi connectivity index (χ0n) is 13.9. The number of carboxylic acids is 1. The van der Waals surface area contributed by atoms with E-state index in [0.29, 0.717) is 23.4 Å². The molecule has 26 heavy (non-hydrogen) atoms. The molecule has 1 heterocycles. The van der Waals surface area contributed by atoms with E-state index >= 15 is 0 Å². The zero-order valence-corrected chi connectivity index (χ0v) is 14.6. The van der Waals surface area contributed by atoms with Crippen molar-refractivity contribution in [3.05, 3.63) is 64.7 Å². The minimum atomic E-state index is -1.11. The van der Waals surface area contributed by atoms with Crippen molar-refractivity contribution in [2.75, 3.05) is 0 Å². The van der Waals surface area contributed by atoms with E-state index in [0.717, 1.165) is 5.56 Å². The molecule has 1 aliphatic rings. The highest BCUT2D eigenvalue weighted by atomic mass is 35.5. The van der Waals surface area contributed by atoms with Gasteiger partial charge >= 0.3 is 5.97 Å². The number of hydrogen-bond acceptors (Lipinski definition) is 3. The highest BCUT2D eigenvalue weighted by Crippen LogP contribution is 2.44. The van der Waals surface area contributed by atoms with Crippen LogP contribution >= 0.6 is 11.6 Å². The van der Waals surface area contributed by atoms with Crippen LogP contribution < -0.4 is 5.32 Å². The van der Waals surface area contributed by atoms with Crippen LogP contribution in [-0.2, 0) is 16.0 Å². The Kier molecular flexibility index (Phi) is 5.52. The molecule has 1 amide bonds. The molecule has 1 saturated carbocycles. The molecular weight excluding hydrogens is 359 g/mol. The van der Waals surface area contributed by atoms with Crippen molar-refractivity contribution in [3.8, 4) is 0 Å². The number of carboxylic acid groups (broad SMARTS) is 1. The van der Waals surface area contributed by atoms with Crippen LogP contribution in [0.4, 0.5) is 4.39 Å². The summed E-state index contributed by atoms with van der Waals surface area (Å²) >= 11 is 5.77. The summed E-state index contributed by atoms with van der Waals surface area (Å²) in [7, 11) is 0. The number of hydrogen-bond donors (Lipinski definition) is 2. The first kappa shape index (κ1) is 18.3. The lowest BCUT2D eigenvalue weighted by atomic mass is 9.69. The summed E-state index contributed by atoms with van der Waals surface area (Å²) in [4.78, 5) is 28.0. The third kappa shape index (κ3) is 4.02. The highest BCUT2D eigenvalue weighted by molar-refractivity contribution is 6.30. The summed E-state index contributed by atoms with van der Waals surface area (Å²) < 4.78 is 14.1. The lowest BCUT2D eigenvalue weighted by molar-refractivity contribution is -0.143. The predicted octanol–water partition coefficient (Wildman–Crippen LogP) is 3.18. The molecule has 1 aliphatic carbocycles. The van der Waals surface area contributed by atoms with Crippen molar-refractivity contribution in [1.29, 1.82) is 0 Å². The molecule has 2 N–H and O–H groups in total. The van der Waals surface area contributed by atoms with Crippen LogP contribution in [0.25, 0.3) is 0 Å². The highest BCUT2D eigenvalue weighted by Gasteiger charge is 2.40. The van der Waals surface area contributed by atoms with Gasteiger partial charge in [0.05, 0.1) is 0 Å². The van der Waals surface area contributed by atoms with Gasteiger partial charge in [-0.3, -0.25) is 9.78 Å². The Morgan fingerprint density at radius 3 is 2.58 bits per heavy atom. The van der Waals surface area contributed by atoms with Gasteiger partial charge in [0.25, 0.3) is 0 Å². The largest absolute Gasteiger partial charge is 0.480 e. The van der Waals surface area contributed by atoms with Crippen LogP contribution in [0.2, 0.25) is 5.02 Å². The fourth-order valence-electron chi connectivity index (χ4n) is 3.22. The molecule has 0 aliphatic heterocycles. The minimum Gasteiger partial charge on any atom is -0.480 e. The van der Waals surface area contributed by atoms with Crippen LogP contribution in [0.1, 0.15) is 29.9 Å². The first-order valence-corrected chi connectivity index (χ1v) is 8.70. The number of aromatic nitrogens is 1. The standard InChI is InChI=1S/C19H18ClFN2O3/c20-12-1-2-14(16(21)10-12)13-3-4-15(13)18(24)23-17(19(25)26)9-11-5-7-22-8-6-11/h1-2,5-8,10,13,15,17H,3-4,9H2,(H,23,24)(H,25,26). The minimum absolute atomic E-state index is 0.163. The van der Waals surface area contributed by atoms with Crippen LogP contribution in [0, 0.1) is 11.7 Å². The lowest BCUT2D eigenvalue weighted by Gasteiger charge is -2.36. The number of nitrogens with zero attached hydrogens (tertiary/aromatic N) is 1. The summed E-state index contributed by atoms with van der Waals surface area (Å²) in [5.41, 5.74) is 1.21. The maximum atomic E-state index is 14.1. The second-order valence-corrected chi connectivity index (χ2v) is 6.85. The first-order valence-electron chi connectivity index (χ1n) is 8.32. The molecule has 3 atom stereocenters. The Bertz CT molecular complexity index is 816. The SMILES string of the molecule is O=C(O)C(Cc1ccncc1)NC(=O)C1CCC1c1ccc(Cl)cc1F. The number of carbonyl (C=O) groups is 2. The molecular formula is C19H18ClFN2O3. The monoisotopic (exact) mass is 376 g/mol. The molecule has 0 bridgehead atoms. The number of pyridine rings is 1. The Balaban J connectivity index is 1.68. The van der Waals surface area contributed by atoms with Gasteiger partial charge in [-0.05, 0) is 54.2 Å². The van der Waals surface area contributed by atoms with Gasteiger partial charge in [0.1, 0.15) is 11.9 Å². The number of halogens is 2. The predicted molar refractivity (Wildman–Crippen MR) is 94.4 cm³/mol. The quantitative estimate of drug-likeness (QED) is 0.811. The number of benzene rings is 1. The number of carbonyl (C=O) groups excluding carboxylic acids is 1. The number of nitrogens with one attached hydrogen (secondary N) is 1. The maximum absolute atomic E-state index is 14.1. The van der Waals surface area contributed by atoms with Crippen molar-refractivity contribution in [1.82, 2.24) is 10.3 Å². The third-order valence-electron chi connectivity index (χ3n) is 4.78. The van der Waals surface area contributed by atoms with Crippen LogP contribution in [0.15, 0.2) is 42.7 Å². The maximum Gasteiger partial charge on any atom is 0.326 e. The van der Waals surface area contributed by atoms with Gasteiger partial charge in [-0.25, -0.2) is 9.18 Å². The van der Waals surface area contributed by atoms with Crippen LogP contribution in [0.5, 0.6) is 0 Å². The fourth-order valence-corrected chi connectivity index (χ4v) is 3.38. The van der Waals surface area contributed by atoms with E-state index in [-0.39, 0.29) is 18.2 Å². The molecule has 3 rings (SSSR count). The zero-order chi connectivity index (χ0) is 18.7. The smallest absolute Gasteiger partial charge is 0.326 e. The molecule has 1 fully saturated rings. The summed E-state index contributed by atoms with van der Waals surface area (Å²) in [6.07, 6.45) is 4.58. The second kappa shape index (κ2) is 7.83. The summed E-state index contributed by atoms with van der Waals surface area (Å²) in [5, 5.41) is 12.3. The molecule has 2 aromatic rings. The van der Waals surface area contributed by atoms with Gasteiger partial charge in [0, 0.05) is 29.8 Å². The van der Waals surface area contributed by atoms with E-state index in [1.165, 1.54) is 6.07 Å². The van der Waals surface area contributed by atoms with Gasteiger partial charge in [-0.2, -0.15) is 0 Å². The van der Waals surface area contributed by atoms with Gasteiger partial charge in [0.15, 0.2) is 0 Å². The average Bonchev–Trinajstić information content (AvgIpc) is 2.56. The van der Waals surface area contributed by atoms with E-state index in [4.69, 9.17) is 11.6 Å². The Hall–Kier alpha value is -2.47. The van der Waals surface area contributed by atoms with Gasteiger partial charge in [-0.1, -0.05) is 17.7 Å². The van der Waals surface area contributed by atoms with E-state index in [1.807, 2.05) is 0 Å². The van der Waals surface area contributed by atoms with E-state index in [9.17, 15) is 19.1 Å². The number of aliphatic carboxylic acids is 1. The summed E-state index contributed by atoms with van der Waals surface area (Å²) in [5.74, 6) is -2.61. The van der Waals surface area contributed by atoms with Gasteiger partial charge < -0.3 is 10.4 Å². The van der Waals surface area contributed by atoms with E-state index < -0.39 is 23.7 Å². The van der Waals surface area contributed by atoms with Crippen molar-refractivity contribution >= 4 is 23.5 Å². The van der Waals surface area contributed by atoms with Crippen molar-refractivity contribution < 1.29 is 19.1 Å². The van der Waals surface area contributed by atoms with E-state index in [1.54, 1.807) is 36.7 Å². The Morgan fingerprint density at radius 1 is 1.27 bits per heavy atom. The molecule has 0 saturated heterocycles. The van der Waals surface area contributed by atoms with Crippen molar-refractivity contribution in [3.63, 3.8) is 0 Å². The topological polar surface area (TPSA) is 79.3 Å². The van der Waals surface area contributed by atoms with Crippen molar-refractivity contribution in [2.24, 2.45) is 5.92 Å². The Morgan fingerprint density at radius 2 is 2.00 bits per heavy atom. The molecule has 5 nitrogen and oxygen atoms in total. The Labute approximate surface area is 155 Å². The molecule has 7 heteroatoms. The van der Waals surface area contributed by atoms with Crippen LogP contribution in [-0.4, -0.2) is 28.0 Å². The summed E-state index contributed by atoms with van der Waals surface area (Å²) in [6.45, 7) is 0. The normalized spacial score (nSPS) is 20.1. The molecule has 0 radical (unpaired) electrons. The van der Waals surface area contributed by atoms with Crippen molar-refractivity contribution in [2.45, 2.75) is 31.2 Å².